The Morgan fingerprint density at radius 1 is 1.18 bits per heavy atom. The highest BCUT2D eigenvalue weighted by molar-refractivity contribution is 6.30. The van der Waals surface area contributed by atoms with Crippen molar-refractivity contribution in [2.75, 3.05) is 26.2 Å². The number of hydrogen-bond donors (Lipinski definition) is 2. The molecule has 1 saturated heterocycles. The van der Waals surface area contributed by atoms with Crippen LogP contribution in [0.5, 0.6) is 0 Å². The number of benzene rings is 1. The number of fused-ring (bicyclic) bond motifs is 1. The summed E-state index contributed by atoms with van der Waals surface area (Å²) in [6, 6.07) is 8.53. The van der Waals surface area contributed by atoms with Gasteiger partial charge in [-0.1, -0.05) is 24.6 Å². The predicted molar refractivity (Wildman–Crippen MR) is 172 cm³/mol. The third kappa shape index (κ3) is 5.85. The van der Waals surface area contributed by atoms with Gasteiger partial charge in [0.2, 0.25) is 0 Å². The number of nitrogens with zero attached hydrogens (tertiary/aromatic N) is 4. The number of aromatic nitrogens is 2. The van der Waals surface area contributed by atoms with E-state index in [0.717, 1.165) is 23.1 Å². The molecule has 2 N–H and O–H groups in total. The average Bonchev–Trinajstić information content (AvgIpc) is 3.34. The molecular weight excluding hydrogens is 581 g/mol. The van der Waals surface area contributed by atoms with Gasteiger partial charge in [0, 0.05) is 60.8 Å². The molecular formula is C34H39ClFN5O3. The zero-order chi connectivity index (χ0) is 31.9. The molecule has 8 nitrogen and oxygen atoms in total. The summed E-state index contributed by atoms with van der Waals surface area (Å²) < 4.78 is 16.4. The summed E-state index contributed by atoms with van der Waals surface area (Å²) in [6.45, 7) is 14.0. The first-order chi connectivity index (χ1) is 20.8. The van der Waals surface area contributed by atoms with E-state index in [4.69, 9.17) is 16.6 Å². The number of piperazine rings is 1. The summed E-state index contributed by atoms with van der Waals surface area (Å²) in [6.07, 6.45) is 6.81. The summed E-state index contributed by atoms with van der Waals surface area (Å²) in [5.74, 6) is -1.60. The molecule has 5 rings (SSSR count). The molecule has 0 aliphatic carbocycles. The Labute approximate surface area is 262 Å². The van der Waals surface area contributed by atoms with Crippen molar-refractivity contribution in [3.63, 3.8) is 0 Å². The fraction of sp³-hybridized carbons (Fsp3) is 0.382. The minimum atomic E-state index is -0.961. The molecule has 3 aromatic rings. The van der Waals surface area contributed by atoms with E-state index in [1.165, 1.54) is 6.07 Å². The fourth-order valence-electron chi connectivity index (χ4n) is 6.16. The number of carbonyl (C=O) groups excluding carboxylic acids is 1. The monoisotopic (exact) mass is 619 g/mol. The van der Waals surface area contributed by atoms with Gasteiger partial charge in [-0.2, -0.15) is 0 Å². The highest BCUT2D eigenvalue weighted by Gasteiger charge is 2.38. The van der Waals surface area contributed by atoms with Crippen molar-refractivity contribution < 1.29 is 19.1 Å². The molecule has 0 bridgehead atoms. The highest BCUT2D eigenvalue weighted by atomic mass is 35.5. The van der Waals surface area contributed by atoms with Gasteiger partial charge in [0.25, 0.3) is 5.91 Å². The number of rotatable bonds is 6. The third-order valence-corrected chi connectivity index (χ3v) is 9.04. The molecule has 232 valence electrons. The van der Waals surface area contributed by atoms with Crippen molar-refractivity contribution in [1.82, 2.24) is 24.7 Å². The Balaban J connectivity index is 1.44. The van der Waals surface area contributed by atoms with Crippen LogP contribution >= 0.6 is 11.6 Å². The molecule has 1 amide bonds. The largest absolute Gasteiger partial charge is 0.478 e. The van der Waals surface area contributed by atoms with Crippen LogP contribution in [-0.4, -0.2) is 68.1 Å². The van der Waals surface area contributed by atoms with Gasteiger partial charge < -0.3 is 24.8 Å². The molecule has 1 aromatic carbocycles. The number of halogens is 2. The maximum atomic E-state index is 14.4. The normalized spacial score (nSPS) is 21.9. The van der Waals surface area contributed by atoms with Crippen LogP contribution in [0.2, 0.25) is 5.02 Å². The van der Waals surface area contributed by atoms with Crippen LogP contribution in [0.1, 0.15) is 64.5 Å². The molecule has 2 aliphatic heterocycles. The number of allylic oxidation sites excluding steroid dienone is 2. The van der Waals surface area contributed by atoms with Gasteiger partial charge in [-0.3, -0.25) is 4.79 Å². The van der Waals surface area contributed by atoms with Gasteiger partial charge in [-0.25, -0.2) is 14.2 Å². The number of carbonyl (C=O) groups is 2. The van der Waals surface area contributed by atoms with Gasteiger partial charge in [-0.15, -0.1) is 0 Å². The number of hydrogen-bond acceptors (Lipinski definition) is 5. The second-order valence-electron chi connectivity index (χ2n) is 12.2. The van der Waals surface area contributed by atoms with Crippen molar-refractivity contribution in [1.29, 1.82) is 0 Å². The van der Waals surface area contributed by atoms with E-state index in [0.29, 0.717) is 54.4 Å². The van der Waals surface area contributed by atoms with Crippen molar-refractivity contribution in [2.24, 2.45) is 0 Å². The summed E-state index contributed by atoms with van der Waals surface area (Å²) in [5, 5.41) is 13.8. The smallest absolute Gasteiger partial charge is 0.337 e. The lowest BCUT2D eigenvalue weighted by atomic mass is 9.96. The number of aliphatic carboxylic acids is 1. The van der Waals surface area contributed by atoms with Gasteiger partial charge in [0.05, 0.1) is 16.1 Å². The lowest BCUT2D eigenvalue weighted by Gasteiger charge is -2.48. The molecule has 44 heavy (non-hydrogen) atoms. The first kappa shape index (κ1) is 31.3. The molecule has 4 heterocycles. The topological polar surface area (TPSA) is 90.7 Å². The van der Waals surface area contributed by atoms with Crippen molar-refractivity contribution in [3.05, 3.63) is 87.8 Å². The molecule has 10 heteroatoms. The van der Waals surface area contributed by atoms with Crippen LogP contribution in [0, 0.1) is 5.82 Å². The number of amides is 1. The first-order valence-electron chi connectivity index (χ1n) is 14.9. The summed E-state index contributed by atoms with van der Waals surface area (Å²) in [4.78, 5) is 34.9. The van der Waals surface area contributed by atoms with E-state index in [9.17, 15) is 19.1 Å². The van der Waals surface area contributed by atoms with Crippen LogP contribution in [-0.2, 0) is 4.79 Å². The predicted octanol–water partition coefficient (Wildman–Crippen LogP) is 6.80. The zero-order valence-electron chi connectivity index (χ0n) is 26.0. The Hall–Kier alpha value is -4.11. The van der Waals surface area contributed by atoms with Crippen molar-refractivity contribution >= 4 is 34.5 Å². The lowest BCUT2D eigenvalue weighted by Crippen LogP contribution is -2.60. The number of pyridine rings is 1. The Kier molecular flexibility index (Phi) is 8.62. The molecule has 0 spiro atoms. The van der Waals surface area contributed by atoms with E-state index in [1.807, 2.05) is 44.0 Å². The van der Waals surface area contributed by atoms with E-state index in [2.05, 4.69) is 34.7 Å². The lowest BCUT2D eigenvalue weighted by molar-refractivity contribution is -0.132. The molecule has 2 aliphatic rings. The van der Waals surface area contributed by atoms with E-state index in [1.54, 1.807) is 25.1 Å². The Morgan fingerprint density at radius 3 is 2.59 bits per heavy atom. The maximum absolute atomic E-state index is 14.4. The van der Waals surface area contributed by atoms with Crippen LogP contribution in [0.4, 0.5) is 4.39 Å². The van der Waals surface area contributed by atoms with Crippen LogP contribution < -0.4 is 5.32 Å². The quantitative estimate of drug-likeness (QED) is 0.316. The van der Waals surface area contributed by atoms with E-state index in [-0.39, 0.29) is 22.5 Å². The minimum absolute atomic E-state index is 0.0683. The summed E-state index contributed by atoms with van der Waals surface area (Å²) in [7, 11) is 0. The second-order valence-corrected chi connectivity index (χ2v) is 12.6. The second kappa shape index (κ2) is 12.1. The van der Waals surface area contributed by atoms with Crippen LogP contribution in [0.15, 0.2) is 71.2 Å². The SMILES string of the molecule is CC[C@H](C)n1cc(-c2ccc(Cl)c(F)c2)c2ccc(C(=O)N3CCN(C4=C\CN/C(C)=C(C(=O)O)/C(C)=C\4)CC3(C)C)nc21. The van der Waals surface area contributed by atoms with E-state index >= 15 is 0 Å². The van der Waals surface area contributed by atoms with Crippen LogP contribution in [0.3, 0.4) is 0 Å². The molecule has 1 atom stereocenters. The standard InChI is InChI=1S/C34H39ClFN5O3/c1-7-21(3)40-18-26(23-8-10-27(35)28(36)17-23)25-9-11-29(38-31(25)40)32(42)41-15-14-39(19-34(41,5)6)24-12-13-37-22(4)30(33(43)44)20(2)16-24/h8-12,16-18,21,37H,7,13-15,19H2,1-6H3,(H,43,44)/b20-16-,24-12-,30-22-/t21-/m0/s1. The van der Waals surface area contributed by atoms with Crippen LogP contribution in [0.25, 0.3) is 22.2 Å². The molecule has 0 radical (unpaired) electrons. The van der Waals surface area contributed by atoms with Crippen molar-refractivity contribution in [3.8, 4) is 11.1 Å². The fourth-order valence-corrected chi connectivity index (χ4v) is 6.27. The highest BCUT2D eigenvalue weighted by Crippen LogP contribution is 2.35. The number of nitrogens with one attached hydrogen (secondary N) is 1. The number of carboxylic acids is 1. The number of carboxylic acid groups (broad SMARTS) is 1. The maximum Gasteiger partial charge on any atom is 0.337 e. The van der Waals surface area contributed by atoms with Gasteiger partial charge in [0.1, 0.15) is 17.2 Å². The summed E-state index contributed by atoms with van der Waals surface area (Å²) in [5.41, 5.74) is 4.54. The van der Waals surface area contributed by atoms with Gasteiger partial charge in [0.15, 0.2) is 0 Å². The van der Waals surface area contributed by atoms with Gasteiger partial charge in [-0.05, 0) is 88.6 Å². The van der Waals surface area contributed by atoms with Gasteiger partial charge >= 0.3 is 5.97 Å². The summed E-state index contributed by atoms with van der Waals surface area (Å²) >= 11 is 5.94. The molecule has 0 saturated carbocycles. The molecule has 0 unspecified atom stereocenters. The first-order valence-corrected chi connectivity index (χ1v) is 15.3. The van der Waals surface area contributed by atoms with E-state index < -0.39 is 17.3 Å². The third-order valence-electron chi connectivity index (χ3n) is 8.73. The molecule has 1 fully saturated rings. The average molecular weight is 620 g/mol. The Bertz CT molecular complexity index is 1740. The van der Waals surface area contributed by atoms with Crippen molar-refractivity contribution in [2.45, 2.75) is 59.5 Å². The molecule has 2 aromatic heterocycles. The Morgan fingerprint density at radius 2 is 1.93 bits per heavy atom. The minimum Gasteiger partial charge on any atom is -0.478 e. The zero-order valence-corrected chi connectivity index (χ0v) is 26.8.